The molecule has 1 aliphatic heterocycles. The standard InChI is InChI=1S/C13H14OS2/c1-16(14)12-5-3-2-4-10(12)6-7-11-13(16)8-9-15-11/h2-4,6-9,12,14H,5H2,1H3. The van der Waals surface area contributed by atoms with Gasteiger partial charge in [0.25, 0.3) is 0 Å². The number of hydrogen-bond donors (Lipinski definition) is 1. The summed E-state index contributed by atoms with van der Waals surface area (Å²) in [4.78, 5) is 2.37. The topological polar surface area (TPSA) is 20.2 Å². The molecule has 84 valence electrons. The number of thiophene rings is 1. The molecule has 3 rings (SSSR count). The van der Waals surface area contributed by atoms with Gasteiger partial charge < -0.3 is 4.55 Å². The summed E-state index contributed by atoms with van der Waals surface area (Å²) in [6.07, 6.45) is 13.6. The van der Waals surface area contributed by atoms with Crippen LogP contribution in [0, 0.1) is 0 Å². The third-order valence-corrected chi connectivity index (χ3v) is 7.06. The van der Waals surface area contributed by atoms with Crippen molar-refractivity contribution in [2.75, 3.05) is 6.26 Å². The molecule has 1 aromatic heterocycles. The first-order chi connectivity index (χ1) is 7.69. The van der Waals surface area contributed by atoms with Crippen LogP contribution in [-0.4, -0.2) is 16.1 Å². The smallest absolute Gasteiger partial charge is 0.0425 e. The molecule has 3 heteroatoms. The largest absolute Gasteiger partial charge is 0.347 e. The second-order valence-corrected chi connectivity index (χ2v) is 8.07. The van der Waals surface area contributed by atoms with Crippen LogP contribution in [0.15, 0.2) is 46.2 Å². The van der Waals surface area contributed by atoms with Gasteiger partial charge in [0.2, 0.25) is 0 Å². The summed E-state index contributed by atoms with van der Waals surface area (Å²) in [5.74, 6) is 0. The average molecular weight is 250 g/mol. The molecular formula is C13H14OS2. The molecule has 0 amide bonds. The lowest BCUT2D eigenvalue weighted by atomic mass is 10.0. The Morgan fingerprint density at radius 3 is 3.19 bits per heavy atom. The maximum Gasteiger partial charge on any atom is 0.0425 e. The van der Waals surface area contributed by atoms with Gasteiger partial charge in [0.15, 0.2) is 0 Å². The maximum absolute atomic E-state index is 10.9. The van der Waals surface area contributed by atoms with Crippen molar-refractivity contribution in [1.82, 2.24) is 0 Å². The molecule has 0 aromatic carbocycles. The van der Waals surface area contributed by atoms with Gasteiger partial charge in [-0.2, -0.15) is 0 Å². The highest BCUT2D eigenvalue weighted by Gasteiger charge is 2.34. The average Bonchev–Trinajstić information content (AvgIpc) is 2.72. The van der Waals surface area contributed by atoms with Gasteiger partial charge in [-0.25, -0.2) is 0 Å². The molecule has 16 heavy (non-hydrogen) atoms. The van der Waals surface area contributed by atoms with Crippen LogP contribution in [0.3, 0.4) is 0 Å². The van der Waals surface area contributed by atoms with Crippen LogP contribution in [0.1, 0.15) is 11.3 Å². The third-order valence-electron chi connectivity index (χ3n) is 3.23. The van der Waals surface area contributed by atoms with Crippen molar-refractivity contribution in [3.63, 3.8) is 0 Å². The monoisotopic (exact) mass is 250 g/mol. The van der Waals surface area contributed by atoms with Gasteiger partial charge in [0.1, 0.15) is 0 Å². The van der Waals surface area contributed by atoms with Crippen LogP contribution in [0.2, 0.25) is 0 Å². The van der Waals surface area contributed by atoms with Crippen molar-refractivity contribution in [1.29, 1.82) is 0 Å². The highest BCUT2D eigenvalue weighted by Crippen LogP contribution is 2.60. The molecule has 0 bridgehead atoms. The normalized spacial score (nSPS) is 35.6. The zero-order chi connectivity index (χ0) is 11.2. The molecule has 1 N–H and O–H groups in total. The Bertz CT molecular complexity index is 506. The van der Waals surface area contributed by atoms with Crippen LogP contribution in [0.25, 0.3) is 6.08 Å². The van der Waals surface area contributed by atoms with E-state index in [1.54, 1.807) is 11.3 Å². The van der Waals surface area contributed by atoms with Crippen LogP contribution in [-0.2, 0) is 0 Å². The van der Waals surface area contributed by atoms with Crippen LogP contribution >= 0.6 is 21.6 Å². The molecule has 0 spiro atoms. The minimum atomic E-state index is -1.71. The lowest BCUT2D eigenvalue weighted by molar-refractivity contribution is 0.619. The Morgan fingerprint density at radius 2 is 2.31 bits per heavy atom. The first-order valence-corrected chi connectivity index (χ1v) is 8.25. The second-order valence-electron chi connectivity index (χ2n) is 4.24. The molecule has 0 radical (unpaired) electrons. The van der Waals surface area contributed by atoms with Crippen molar-refractivity contribution >= 4 is 27.7 Å². The molecule has 0 fully saturated rings. The highest BCUT2D eigenvalue weighted by atomic mass is 32.3. The van der Waals surface area contributed by atoms with Gasteiger partial charge in [-0.1, -0.05) is 24.3 Å². The minimum Gasteiger partial charge on any atom is -0.347 e. The SMILES string of the molecule is CS1(O)c2ccsc2C=CC2=CC=CCC21. The molecule has 2 atom stereocenters. The van der Waals surface area contributed by atoms with E-state index in [2.05, 4.69) is 41.8 Å². The van der Waals surface area contributed by atoms with Crippen molar-refractivity contribution < 1.29 is 4.55 Å². The van der Waals surface area contributed by atoms with Gasteiger partial charge >= 0.3 is 0 Å². The first-order valence-electron chi connectivity index (χ1n) is 5.31. The quantitative estimate of drug-likeness (QED) is 0.728. The first kappa shape index (κ1) is 10.4. The van der Waals surface area contributed by atoms with Gasteiger partial charge in [0.05, 0.1) is 0 Å². The Labute approximate surface area is 101 Å². The van der Waals surface area contributed by atoms with E-state index in [1.807, 2.05) is 6.26 Å². The molecule has 2 aliphatic rings. The van der Waals surface area contributed by atoms with Crippen molar-refractivity contribution in [2.24, 2.45) is 0 Å². The summed E-state index contributed by atoms with van der Waals surface area (Å²) in [7, 11) is -1.71. The highest BCUT2D eigenvalue weighted by molar-refractivity contribution is 8.29. The predicted molar refractivity (Wildman–Crippen MR) is 73.4 cm³/mol. The summed E-state index contributed by atoms with van der Waals surface area (Å²) in [6.45, 7) is 0. The lowest BCUT2D eigenvalue weighted by Crippen LogP contribution is -2.19. The molecule has 1 nitrogen and oxygen atoms in total. The van der Waals surface area contributed by atoms with Crippen LogP contribution in [0.4, 0.5) is 0 Å². The summed E-state index contributed by atoms with van der Waals surface area (Å²) in [5, 5.41) is 2.34. The van der Waals surface area contributed by atoms with E-state index < -0.39 is 10.3 Å². The van der Waals surface area contributed by atoms with E-state index in [1.165, 1.54) is 10.5 Å². The minimum absolute atomic E-state index is 0.268. The van der Waals surface area contributed by atoms with Crippen LogP contribution < -0.4 is 0 Å². The number of fused-ring (bicyclic) bond motifs is 2. The number of hydrogen-bond acceptors (Lipinski definition) is 2. The van der Waals surface area contributed by atoms with E-state index in [4.69, 9.17) is 0 Å². The van der Waals surface area contributed by atoms with Gasteiger partial charge in [0, 0.05) is 15.0 Å². The second kappa shape index (κ2) is 3.62. The number of allylic oxidation sites excluding steroid dienone is 4. The van der Waals surface area contributed by atoms with E-state index in [0.29, 0.717) is 0 Å². The fourth-order valence-corrected chi connectivity index (χ4v) is 6.05. The van der Waals surface area contributed by atoms with E-state index in [-0.39, 0.29) is 5.25 Å². The summed E-state index contributed by atoms with van der Waals surface area (Å²) in [6, 6.07) is 2.08. The molecule has 2 unspecified atom stereocenters. The summed E-state index contributed by atoms with van der Waals surface area (Å²) in [5.41, 5.74) is 1.27. The Balaban J connectivity index is 2.19. The zero-order valence-corrected chi connectivity index (χ0v) is 10.7. The van der Waals surface area contributed by atoms with Crippen LogP contribution in [0.5, 0.6) is 0 Å². The molecule has 0 saturated carbocycles. The predicted octanol–water partition coefficient (Wildman–Crippen LogP) is 4.30. The van der Waals surface area contributed by atoms with Gasteiger partial charge in [-0.3, -0.25) is 0 Å². The molecule has 1 aliphatic carbocycles. The molecule has 2 heterocycles. The third kappa shape index (κ3) is 1.43. The Hall–Kier alpha value is -0.770. The fraction of sp³-hybridized carbons (Fsp3) is 0.231. The molecule has 0 saturated heterocycles. The Kier molecular flexibility index (Phi) is 2.35. The fourth-order valence-electron chi connectivity index (χ4n) is 2.34. The molecular weight excluding hydrogens is 236 g/mol. The van der Waals surface area contributed by atoms with Crippen molar-refractivity contribution in [3.05, 3.63) is 46.2 Å². The summed E-state index contributed by atoms with van der Waals surface area (Å²) >= 11 is 1.71. The van der Waals surface area contributed by atoms with Gasteiger partial charge in [-0.05, 0) is 35.8 Å². The zero-order valence-electron chi connectivity index (χ0n) is 9.09. The van der Waals surface area contributed by atoms with E-state index in [9.17, 15) is 4.55 Å². The summed E-state index contributed by atoms with van der Waals surface area (Å²) < 4.78 is 10.9. The van der Waals surface area contributed by atoms with Crippen molar-refractivity contribution in [2.45, 2.75) is 16.6 Å². The Morgan fingerprint density at radius 1 is 1.44 bits per heavy atom. The van der Waals surface area contributed by atoms with Gasteiger partial charge in [-0.15, -0.1) is 21.6 Å². The van der Waals surface area contributed by atoms with E-state index in [0.717, 1.165) is 11.3 Å². The lowest BCUT2D eigenvalue weighted by Gasteiger charge is -2.38. The number of rotatable bonds is 0. The maximum atomic E-state index is 10.9. The molecule has 1 aromatic rings. The van der Waals surface area contributed by atoms with Crippen molar-refractivity contribution in [3.8, 4) is 0 Å². The van der Waals surface area contributed by atoms with E-state index >= 15 is 0 Å².